The van der Waals surface area contributed by atoms with Crippen molar-refractivity contribution in [3.8, 4) is 0 Å². The van der Waals surface area contributed by atoms with Crippen LogP contribution in [0, 0.1) is 16.7 Å². The van der Waals surface area contributed by atoms with E-state index in [1.54, 1.807) is 0 Å². The molecule has 1 nitrogen and oxygen atoms in total. The molecule has 0 heterocycles. The molecule has 0 radical (unpaired) electrons. The van der Waals surface area contributed by atoms with Gasteiger partial charge in [-0.15, -0.1) is 0 Å². The highest BCUT2D eigenvalue weighted by Crippen LogP contribution is 2.45. The van der Waals surface area contributed by atoms with E-state index in [1.807, 2.05) is 0 Å². The Morgan fingerprint density at radius 2 is 1.38 bits per heavy atom. The minimum Gasteiger partial charge on any atom is -0.328 e. The Labute approximate surface area is 84.1 Å². The fourth-order valence-electron chi connectivity index (χ4n) is 1.59. The van der Waals surface area contributed by atoms with Crippen molar-refractivity contribution in [3.63, 3.8) is 0 Å². The van der Waals surface area contributed by atoms with Gasteiger partial charge in [-0.05, 0) is 30.1 Å². The van der Waals surface area contributed by atoms with E-state index in [4.69, 9.17) is 5.73 Å². The second-order valence-electron chi connectivity index (χ2n) is 6.09. The summed E-state index contributed by atoms with van der Waals surface area (Å²) in [5.41, 5.74) is 6.53. The van der Waals surface area contributed by atoms with Crippen molar-refractivity contribution in [1.29, 1.82) is 0 Å². The highest BCUT2D eigenvalue weighted by molar-refractivity contribution is 4.87. The summed E-state index contributed by atoms with van der Waals surface area (Å²) in [6, 6.07) is 0.316. The van der Waals surface area contributed by atoms with Gasteiger partial charge in [0.2, 0.25) is 0 Å². The van der Waals surface area contributed by atoms with E-state index in [2.05, 4.69) is 48.5 Å². The molecule has 2 N–H and O–H groups in total. The first-order chi connectivity index (χ1) is 5.59. The van der Waals surface area contributed by atoms with Crippen LogP contribution >= 0.6 is 0 Å². The summed E-state index contributed by atoms with van der Waals surface area (Å²) in [5, 5.41) is 0. The summed E-state index contributed by atoms with van der Waals surface area (Å²) < 4.78 is 0. The second kappa shape index (κ2) is 4.00. The molecule has 0 saturated carbocycles. The second-order valence-corrected chi connectivity index (χ2v) is 6.09. The monoisotopic (exact) mass is 185 g/mol. The smallest absolute Gasteiger partial charge is 0.00132 e. The third kappa shape index (κ3) is 3.30. The summed E-state index contributed by atoms with van der Waals surface area (Å²) >= 11 is 0. The van der Waals surface area contributed by atoms with E-state index >= 15 is 0 Å². The average Bonchev–Trinajstić information content (AvgIpc) is 1.82. The quantitative estimate of drug-likeness (QED) is 0.716. The molecule has 0 spiro atoms. The number of nitrogens with two attached hydrogens (primary N) is 1. The van der Waals surface area contributed by atoms with Crippen molar-refractivity contribution in [1.82, 2.24) is 0 Å². The lowest BCUT2D eigenvalue weighted by Gasteiger charge is -2.44. The molecule has 80 valence electrons. The summed E-state index contributed by atoms with van der Waals surface area (Å²) in [4.78, 5) is 0. The predicted molar refractivity (Wildman–Crippen MR) is 60.7 cm³/mol. The van der Waals surface area contributed by atoms with Gasteiger partial charge in [-0.1, -0.05) is 41.5 Å². The molecular weight excluding hydrogens is 158 g/mol. The molecular formula is C12H27N. The Hall–Kier alpha value is -0.0400. The Kier molecular flexibility index (Phi) is 3.98. The SMILES string of the molecule is CC(N)CC(C)C(C)(C)C(C)(C)C. The molecule has 0 aliphatic carbocycles. The Morgan fingerprint density at radius 1 is 1.00 bits per heavy atom. The molecule has 0 saturated heterocycles. The molecule has 1 heteroatoms. The lowest BCUT2D eigenvalue weighted by molar-refractivity contribution is 0.0564. The summed E-state index contributed by atoms with van der Waals surface area (Å²) in [6.45, 7) is 16.0. The molecule has 0 aromatic carbocycles. The van der Waals surface area contributed by atoms with Gasteiger partial charge in [0.25, 0.3) is 0 Å². The van der Waals surface area contributed by atoms with Crippen LogP contribution in [-0.2, 0) is 0 Å². The fraction of sp³-hybridized carbons (Fsp3) is 1.00. The summed E-state index contributed by atoms with van der Waals surface area (Å²) in [6.07, 6.45) is 1.12. The van der Waals surface area contributed by atoms with Crippen LogP contribution in [-0.4, -0.2) is 6.04 Å². The maximum Gasteiger partial charge on any atom is 0.00132 e. The lowest BCUT2D eigenvalue weighted by Crippen LogP contribution is -2.38. The van der Waals surface area contributed by atoms with Gasteiger partial charge in [-0.2, -0.15) is 0 Å². The molecule has 0 fully saturated rings. The average molecular weight is 185 g/mol. The zero-order valence-electron chi connectivity index (χ0n) is 10.4. The summed E-state index contributed by atoms with van der Waals surface area (Å²) in [7, 11) is 0. The normalized spacial score (nSPS) is 18.5. The molecule has 0 aromatic heterocycles. The topological polar surface area (TPSA) is 26.0 Å². The van der Waals surface area contributed by atoms with Crippen molar-refractivity contribution in [2.45, 2.75) is 60.9 Å². The molecule has 0 bridgehead atoms. The van der Waals surface area contributed by atoms with E-state index in [0.29, 0.717) is 22.8 Å². The van der Waals surface area contributed by atoms with E-state index in [0.717, 1.165) is 6.42 Å². The zero-order chi connectivity index (χ0) is 10.9. The van der Waals surface area contributed by atoms with Crippen LogP contribution in [0.2, 0.25) is 0 Å². The maximum absolute atomic E-state index is 5.83. The molecule has 2 atom stereocenters. The van der Waals surface area contributed by atoms with Crippen LogP contribution in [0.4, 0.5) is 0 Å². The summed E-state index contributed by atoms with van der Waals surface area (Å²) in [5.74, 6) is 0.674. The maximum atomic E-state index is 5.83. The van der Waals surface area contributed by atoms with Gasteiger partial charge in [0.1, 0.15) is 0 Å². The number of rotatable bonds is 3. The van der Waals surface area contributed by atoms with Crippen LogP contribution in [0.15, 0.2) is 0 Å². The standard InChI is InChI=1S/C12H27N/c1-9(8-10(2)13)12(6,7)11(3,4)5/h9-10H,8,13H2,1-7H3. The van der Waals surface area contributed by atoms with Gasteiger partial charge in [0, 0.05) is 6.04 Å². The number of hydrogen-bond donors (Lipinski definition) is 1. The minimum atomic E-state index is 0.316. The first kappa shape index (κ1) is 13.0. The molecule has 2 unspecified atom stereocenters. The first-order valence-electron chi connectivity index (χ1n) is 5.34. The van der Waals surface area contributed by atoms with Crippen molar-refractivity contribution >= 4 is 0 Å². The minimum absolute atomic E-state index is 0.316. The Bertz CT molecular complexity index is 151. The highest BCUT2D eigenvalue weighted by atomic mass is 14.6. The molecule has 0 aliphatic rings. The Balaban J connectivity index is 4.45. The van der Waals surface area contributed by atoms with Crippen LogP contribution in [0.25, 0.3) is 0 Å². The van der Waals surface area contributed by atoms with Crippen LogP contribution < -0.4 is 5.73 Å². The molecule has 0 amide bonds. The van der Waals surface area contributed by atoms with E-state index in [-0.39, 0.29) is 0 Å². The van der Waals surface area contributed by atoms with Crippen LogP contribution in [0.3, 0.4) is 0 Å². The van der Waals surface area contributed by atoms with Gasteiger partial charge in [0.15, 0.2) is 0 Å². The van der Waals surface area contributed by atoms with Crippen LogP contribution in [0.1, 0.15) is 54.9 Å². The molecule has 0 aromatic rings. The highest BCUT2D eigenvalue weighted by Gasteiger charge is 2.37. The van der Waals surface area contributed by atoms with Gasteiger partial charge >= 0.3 is 0 Å². The van der Waals surface area contributed by atoms with Gasteiger partial charge in [-0.3, -0.25) is 0 Å². The van der Waals surface area contributed by atoms with Crippen LogP contribution in [0.5, 0.6) is 0 Å². The third-order valence-corrected chi connectivity index (χ3v) is 3.89. The van der Waals surface area contributed by atoms with E-state index in [1.165, 1.54) is 0 Å². The zero-order valence-corrected chi connectivity index (χ0v) is 10.4. The van der Waals surface area contributed by atoms with Crippen molar-refractivity contribution in [2.75, 3.05) is 0 Å². The largest absolute Gasteiger partial charge is 0.328 e. The van der Waals surface area contributed by atoms with Gasteiger partial charge in [0.05, 0.1) is 0 Å². The first-order valence-corrected chi connectivity index (χ1v) is 5.34. The van der Waals surface area contributed by atoms with Crippen molar-refractivity contribution in [3.05, 3.63) is 0 Å². The molecule has 0 rings (SSSR count). The van der Waals surface area contributed by atoms with Crippen molar-refractivity contribution < 1.29 is 0 Å². The van der Waals surface area contributed by atoms with E-state index < -0.39 is 0 Å². The van der Waals surface area contributed by atoms with Crippen molar-refractivity contribution in [2.24, 2.45) is 22.5 Å². The number of hydrogen-bond acceptors (Lipinski definition) is 1. The third-order valence-electron chi connectivity index (χ3n) is 3.89. The van der Waals surface area contributed by atoms with Gasteiger partial charge < -0.3 is 5.73 Å². The van der Waals surface area contributed by atoms with E-state index in [9.17, 15) is 0 Å². The predicted octanol–water partition coefficient (Wildman–Crippen LogP) is 3.43. The van der Waals surface area contributed by atoms with Gasteiger partial charge in [-0.25, -0.2) is 0 Å². The fourth-order valence-corrected chi connectivity index (χ4v) is 1.59. The molecule has 0 aliphatic heterocycles. The Morgan fingerprint density at radius 3 is 1.62 bits per heavy atom. The molecule has 13 heavy (non-hydrogen) atoms. The lowest BCUT2D eigenvalue weighted by atomic mass is 9.61.